The van der Waals surface area contributed by atoms with Crippen molar-refractivity contribution in [2.45, 2.75) is 11.8 Å². The lowest BCUT2D eigenvalue weighted by atomic mass is 10.3. The van der Waals surface area contributed by atoms with Crippen molar-refractivity contribution in [3.8, 4) is 0 Å². The number of halogens is 3. The third kappa shape index (κ3) is 3.38. The molecule has 0 heterocycles. The first-order chi connectivity index (χ1) is 8.70. The number of sulfone groups is 1. The molecule has 0 spiro atoms. The van der Waals surface area contributed by atoms with Crippen LogP contribution < -0.4 is 0 Å². The second-order valence-electron chi connectivity index (χ2n) is 4.01. The minimum Gasteiger partial charge on any atom is -0.258 e. The molecule has 19 heavy (non-hydrogen) atoms. The summed E-state index contributed by atoms with van der Waals surface area (Å²) in [5.74, 6) is -4.37. The summed E-state index contributed by atoms with van der Waals surface area (Å²) in [6.45, 7) is 1.48. The molecule has 0 N–H and O–H groups in total. The van der Waals surface area contributed by atoms with E-state index in [1.54, 1.807) is 0 Å². The Morgan fingerprint density at radius 1 is 1.42 bits per heavy atom. The van der Waals surface area contributed by atoms with Gasteiger partial charge in [-0.1, -0.05) is 6.92 Å². The molecule has 0 fully saturated rings. The number of rotatable bonds is 5. The van der Waals surface area contributed by atoms with Gasteiger partial charge in [-0.25, -0.2) is 17.2 Å². The number of hydrogen-bond acceptors (Lipinski definition) is 4. The second-order valence-corrected chi connectivity index (χ2v) is 6.29. The zero-order valence-electron chi connectivity index (χ0n) is 9.77. The smallest absolute Gasteiger partial charge is 0.258 e. The number of hydrogen-bond donors (Lipinski definition) is 0. The van der Waals surface area contributed by atoms with Gasteiger partial charge in [0.25, 0.3) is 5.69 Å². The van der Waals surface area contributed by atoms with Crippen molar-refractivity contribution in [1.29, 1.82) is 0 Å². The van der Waals surface area contributed by atoms with Crippen LogP contribution in [0.15, 0.2) is 17.0 Å². The van der Waals surface area contributed by atoms with E-state index in [9.17, 15) is 27.3 Å². The molecular weight excluding hydrogens is 304 g/mol. The maximum absolute atomic E-state index is 13.6. The van der Waals surface area contributed by atoms with E-state index in [1.807, 2.05) is 0 Å². The summed E-state index contributed by atoms with van der Waals surface area (Å²) in [5.41, 5.74) is -0.985. The van der Waals surface area contributed by atoms with Crippen LogP contribution in [0.2, 0.25) is 0 Å². The van der Waals surface area contributed by atoms with Crippen molar-refractivity contribution in [1.82, 2.24) is 0 Å². The molecular formula is C10H10ClF2NO4S. The van der Waals surface area contributed by atoms with Gasteiger partial charge in [0.1, 0.15) is 0 Å². The molecule has 0 radical (unpaired) electrons. The molecule has 0 aliphatic heterocycles. The molecule has 1 atom stereocenters. The molecule has 5 nitrogen and oxygen atoms in total. The molecule has 106 valence electrons. The molecule has 0 saturated carbocycles. The topological polar surface area (TPSA) is 77.3 Å². The van der Waals surface area contributed by atoms with Crippen molar-refractivity contribution in [2.75, 3.05) is 11.6 Å². The fraction of sp³-hybridized carbons (Fsp3) is 0.400. The predicted octanol–water partition coefficient (Wildman–Crippen LogP) is 2.52. The Morgan fingerprint density at radius 3 is 2.47 bits per heavy atom. The average Bonchev–Trinajstić information content (AvgIpc) is 2.30. The first kappa shape index (κ1) is 15.8. The van der Waals surface area contributed by atoms with Gasteiger partial charge < -0.3 is 0 Å². The van der Waals surface area contributed by atoms with E-state index in [2.05, 4.69) is 0 Å². The number of benzene rings is 1. The molecule has 9 heteroatoms. The Balaban J connectivity index is 3.48. The zero-order valence-corrected chi connectivity index (χ0v) is 11.3. The van der Waals surface area contributed by atoms with Gasteiger partial charge in [-0.2, -0.15) is 0 Å². The Bertz CT molecular complexity index is 606. The van der Waals surface area contributed by atoms with Crippen molar-refractivity contribution >= 4 is 27.1 Å². The number of alkyl halides is 1. The Kier molecular flexibility index (Phi) is 4.81. The first-order valence-corrected chi connectivity index (χ1v) is 7.30. The maximum atomic E-state index is 13.6. The van der Waals surface area contributed by atoms with E-state index in [-0.39, 0.29) is 5.88 Å². The largest absolute Gasteiger partial charge is 0.291 e. The molecule has 1 rings (SSSR count). The number of nitro benzene ring substituents is 1. The molecule has 0 aromatic heterocycles. The minimum absolute atomic E-state index is 0.0238. The highest BCUT2D eigenvalue weighted by Crippen LogP contribution is 2.30. The highest BCUT2D eigenvalue weighted by atomic mass is 35.5. The summed E-state index contributed by atoms with van der Waals surface area (Å²) in [7, 11) is -4.34. The SMILES string of the molecule is CC(CCl)CS(=O)(=O)c1c([N+](=O)[O-])ccc(F)c1F. The van der Waals surface area contributed by atoms with Crippen LogP contribution in [0.4, 0.5) is 14.5 Å². The average molecular weight is 314 g/mol. The van der Waals surface area contributed by atoms with E-state index in [1.165, 1.54) is 6.92 Å². The van der Waals surface area contributed by atoms with Crippen LogP contribution in [0.25, 0.3) is 0 Å². The van der Waals surface area contributed by atoms with E-state index >= 15 is 0 Å². The maximum Gasteiger partial charge on any atom is 0.291 e. The lowest BCUT2D eigenvalue weighted by molar-refractivity contribution is -0.388. The molecule has 0 bridgehead atoms. The first-order valence-electron chi connectivity index (χ1n) is 5.11. The fourth-order valence-corrected chi connectivity index (χ4v) is 3.57. The highest BCUT2D eigenvalue weighted by Gasteiger charge is 2.33. The zero-order chi connectivity index (χ0) is 14.8. The van der Waals surface area contributed by atoms with Crippen LogP contribution in [0.5, 0.6) is 0 Å². The molecule has 1 aromatic carbocycles. The molecule has 0 aliphatic carbocycles. The van der Waals surface area contributed by atoms with Crippen molar-refractivity contribution < 1.29 is 22.1 Å². The van der Waals surface area contributed by atoms with E-state index in [0.29, 0.717) is 12.1 Å². The van der Waals surface area contributed by atoms with Gasteiger partial charge in [-0.15, -0.1) is 11.6 Å². The Hall–Kier alpha value is -1.28. The monoisotopic (exact) mass is 313 g/mol. The van der Waals surface area contributed by atoms with Crippen molar-refractivity contribution in [3.05, 3.63) is 33.9 Å². The number of nitro groups is 1. The molecule has 1 unspecified atom stereocenters. The lowest BCUT2D eigenvalue weighted by Gasteiger charge is -2.10. The van der Waals surface area contributed by atoms with Crippen molar-refractivity contribution in [3.63, 3.8) is 0 Å². The van der Waals surface area contributed by atoms with Gasteiger partial charge >= 0.3 is 0 Å². The van der Waals surface area contributed by atoms with Gasteiger partial charge in [0.05, 0.1) is 10.7 Å². The van der Waals surface area contributed by atoms with Crippen LogP contribution in [0.3, 0.4) is 0 Å². The predicted molar refractivity (Wildman–Crippen MR) is 64.9 cm³/mol. The summed E-state index contributed by atoms with van der Waals surface area (Å²) in [6, 6.07) is 1.13. The van der Waals surface area contributed by atoms with Crippen LogP contribution in [-0.2, 0) is 9.84 Å². The van der Waals surface area contributed by atoms with Crippen LogP contribution in [-0.4, -0.2) is 25.0 Å². The third-order valence-corrected chi connectivity index (χ3v) is 4.85. The normalized spacial score (nSPS) is 13.3. The van der Waals surface area contributed by atoms with Gasteiger partial charge in [0.2, 0.25) is 0 Å². The van der Waals surface area contributed by atoms with E-state index in [0.717, 1.165) is 0 Å². The molecule has 0 amide bonds. The van der Waals surface area contributed by atoms with Gasteiger partial charge in [-0.3, -0.25) is 10.1 Å². The van der Waals surface area contributed by atoms with E-state index < -0.39 is 48.6 Å². The van der Waals surface area contributed by atoms with E-state index in [4.69, 9.17) is 11.6 Å². The molecule has 0 saturated heterocycles. The summed E-state index contributed by atoms with van der Waals surface area (Å²) in [4.78, 5) is 8.42. The third-order valence-electron chi connectivity index (χ3n) is 2.30. The Labute approximate surface area is 113 Å². The summed E-state index contributed by atoms with van der Waals surface area (Å²) >= 11 is 5.45. The summed E-state index contributed by atoms with van der Waals surface area (Å²) in [5, 5.41) is 10.7. The van der Waals surface area contributed by atoms with Crippen molar-refractivity contribution in [2.24, 2.45) is 5.92 Å². The number of nitrogens with zero attached hydrogens (tertiary/aromatic N) is 1. The molecule has 1 aromatic rings. The summed E-state index contributed by atoms with van der Waals surface area (Å²) in [6.07, 6.45) is 0. The highest BCUT2D eigenvalue weighted by molar-refractivity contribution is 7.91. The fourth-order valence-electron chi connectivity index (χ4n) is 1.46. The summed E-state index contributed by atoms with van der Waals surface area (Å²) < 4.78 is 50.5. The molecule has 0 aliphatic rings. The standard InChI is InChI=1S/C10H10ClF2NO4S/c1-6(4-11)5-19(17,18)10-8(14(15)16)3-2-7(12)9(10)13/h2-3,6H,4-5H2,1H3. The minimum atomic E-state index is -4.34. The lowest BCUT2D eigenvalue weighted by Crippen LogP contribution is -2.18. The van der Waals surface area contributed by atoms with Crippen LogP contribution in [0.1, 0.15) is 6.92 Å². The van der Waals surface area contributed by atoms with Gasteiger partial charge in [-0.05, 0) is 12.0 Å². The quantitative estimate of drug-likeness (QED) is 0.475. The van der Waals surface area contributed by atoms with Crippen LogP contribution in [0, 0.1) is 27.7 Å². The second kappa shape index (κ2) is 5.79. The van der Waals surface area contributed by atoms with Gasteiger partial charge in [0.15, 0.2) is 26.4 Å². The van der Waals surface area contributed by atoms with Gasteiger partial charge in [0, 0.05) is 11.9 Å². The van der Waals surface area contributed by atoms with Crippen LogP contribution >= 0.6 is 11.6 Å². The Morgan fingerprint density at radius 2 is 2.00 bits per heavy atom.